The molecule has 0 spiro atoms. The third-order valence-corrected chi connectivity index (χ3v) is 8.28. The molecule has 0 saturated carbocycles. The summed E-state index contributed by atoms with van der Waals surface area (Å²) in [5.41, 5.74) is 1.65. The number of ether oxygens (including phenoxy) is 1. The van der Waals surface area contributed by atoms with E-state index in [1.807, 2.05) is 13.8 Å². The van der Waals surface area contributed by atoms with E-state index < -0.39 is 34.3 Å². The molecular weight excluding hydrogens is 533 g/mol. The van der Waals surface area contributed by atoms with Crippen molar-refractivity contribution in [1.29, 1.82) is 0 Å². The van der Waals surface area contributed by atoms with Crippen molar-refractivity contribution in [2.75, 3.05) is 24.5 Å². The number of para-hydroxylation sites is 2. The predicted molar refractivity (Wildman–Crippen MR) is 153 cm³/mol. The molecule has 0 radical (unpaired) electrons. The van der Waals surface area contributed by atoms with Crippen LogP contribution >= 0.6 is 0 Å². The van der Waals surface area contributed by atoms with Crippen LogP contribution in [0.25, 0.3) is 0 Å². The van der Waals surface area contributed by atoms with E-state index in [-0.39, 0.29) is 28.8 Å². The zero-order valence-corrected chi connectivity index (χ0v) is 24.1. The average molecular weight is 570 g/mol. The Labute approximate surface area is 235 Å². The number of aryl methyl sites for hydroxylation is 1. The Morgan fingerprint density at radius 1 is 1.00 bits per heavy atom. The van der Waals surface area contributed by atoms with Crippen molar-refractivity contribution < 1.29 is 27.1 Å². The fraction of sp³-hybridized carbons (Fsp3) is 0.333. The second-order valence-electron chi connectivity index (χ2n) is 9.47. The third-order valence-electron chi connectivity index (χ3n) is 6.50. The first kappa shape index (κ1) is 30.6. The van der Waals surface area contributed by atoms with Crippen LogP contribution in [0.1, 0.15) is 37.8 Å². The van der Waals surface area contributed by atoms with Crippen LogP contribution < -0.4 is 14.4 Å². The molecule has 0 bridgehead atoms. The fourth-order valence-electron chi connectivity index (χ4n) is 4.09. The number of nitrogens with one attached hydrogen (secondary N) is 1. The van der Waals surface area contributed by atoms with Crippen molar-refractivity contribution in [2.24, 2.45) is 0 Å². The van der Waals surface area contributed by atoms with E-state index in [0.29, 0.717) is 12.1 Å². The van der Waals surface area contributed by atoms with E-state index in [0.717, 1.165) is 22.7 Å². The highest BCUT2D eigenvalue weighted by Gasteiger charge is 2.33. The van der Waals surface area contributed by atoms with Gasteiger partial charge in [-0.1, -0.05) is 55.3 Å². The summed E-state index contributed by atoms with van der Waals surface area (Å²) in [7, 11) is -2.80. The number of anilines is 1. The molecule has 40 heavy (non-hydrogen) atoms. The molecule has 0 heterocycles. The van der Waals surface area contributed by atoms with E-state index in [1.165, 1.54) is 48.4 Å². The number of hydrogen-bond acceptors (Lipinski definition) is 5. The fourth-order valence-corrected chi connectivity index (χ4v) is 5.52. The van der Waals surface area contributed by atoms with Gasteiger partial charge in [0.15, 0.2) is 0 Å². The number of hydrogen-bond donors (Lipinski definition) is 1. The van der Waals surface area contributed by atoms with E-state index in [9.17, 15) is 22.4 Å². The SMILES string of the molecule is CCCCNC(=O)C(C)N(Cc1ccc(F)cc1)C(=O)CN(c1ccccc1OC)S(=O)(=O)c1ccc(C)cc1. The lowest BCUT2D eigenvalue weighted by Crippen LogP contribution is -2.51. The summed E-state index contributed by atoms with van der Waals surface area (Å²) >= 11 is 0. The maximum absolute atomic E-state index is 13.9. The molecule has 3 aromatic rings. The van der Waals surface area contributed by atoms with Crippen molar-refractivity contribution in [1.82, 2.24) is 10.2 Å². The first-order valence-electron chi connectivity index (χ1n) is 13.1. The van der Waals surface area contributed by atoms with Gasteiger partial charge in [0.1, 0.15) is 24.2 Å². The lowest BCUT2D eigenvalue weighted by atomic mass is 10.1. The first-order valence-corrected chi connectivity index (χ1v) is 14.6. The zero-order chi connectivity index (χ0) is 29.3. The maximum Gasteiger partial charge on any atom is 0.264 e. The number of rotatable bonds is 13. The largest absolute Gasteiger partial charge is 0.495 e. The Morgan fingerprint density at radius 2 is 1.65 bits per heavy atom. The van der Waals surface area contributed by atoms with E-state index in [4.69, 9.17) is 4.74 Å². The highest BCUT2D eigenvalue weighted by Crippen LogP contribution is 2.32. The van der Waals surface area contributed by atoms with Crippen LogP contribution in [0.5, 0.6) is 5.75 Å². The van der Waals surface area contributed by atoms with Crippen LogP contribution in [-0.2, 0) is 26.2 Å². The number of unbranched alkanes of at least 4 members (excludes halogenated alkanes) is 1. The standard InChI is InChI=1S/C30H36FN3O5S/c1-5-6-19-32-30(36)23(3)33(20-24-13-15-25(31)16-14-24)29(35)21-34(27-9-7-8-10-28(27)39-4)40(37,38)26-17-11-22(2)12-18-26/h7-18,23H,5-6,19-21H2,1-4H3,(H,32,36). The van der Waals surface area contributed by atoms with Gasteiger partial charge in [-0.15, -0.1) is 0 Å². The molecule has 0 aliphatic rings. The molecule has 1 atom stereocenters. The van der Waals surface area contributed by atoms with Gasteiger partial charge in [0.05, 0.1) is 17.7 Å². The average Bonchev–Trinajstić information content (AvgIpc) is 2.95. The van der Waals surface area contributed by atoms with Gasteiger partial charge in [0, 0.05) is 13.1 Å². The summed E-state index contributed by atoms with van der Waals surface area (Å²) in [5.74, 6) is -1.14. The van der Waals surface area contributed by atoms with Gasteiger partial charge < -0.3 is 15.0 Å². The quantitative estimate of drug-likeness (QED) is 0.302. The summed E-state index contributed by atoms with van der Waals surface area (Å²) in [6.07, 6.45) is 1.67. The summed E-state index contributed by atoms with van der Waals surface area (Å²) in [4.78, 5) is 28.2. The van der Waals surface area contributed by atoms with Gasteiger partial charge >= 0.3 is 0 Å². The topological polar surface area (TPSA) is 96.0 Å². The molecule has 10 heteroatoms. The number of carbonyl (C=O) groups excluding carboxylic acids is 2. The third kappa shape index (κ3) is 7.59. The lowest BCUT2D eigenvalue weighted by molar-refractivity contribution is -0.139. The molecule has 0 aromatic heterocycles. The minimum atomic E-state index is -4.22. The van der Waals surface area contributed by atoms with Crippen LogP contribution in [0.3, 0.4) is 0 Å². The number of sulfonamides is 1. The van der Waals surface area contributed by atoms with Crippen LogP contribution in [0.4, 0.5) is 10.1 Å². The van der Waals surface area contributed by atoms with E-state index in [1.54, 1.807) is 43.3 Å². The molecule has 0 aliphatic heterocycles. The minimum Gasteiger partial charge on any atom is -0.495 e. The predicted octanol–water partition coefficient (Wildman–Crippen LogP) is 4.67. The molecular formula is C30H36FN3O5S. The van der Waals surface area contributed by atoms with Crippen LogP contribution in [-0.4, -0.2) is 51.4 Å². The van der Waals surface area contributed by atoms with E-state index >= 15 is 0 Å². The molecule has 214 valence electrons. The second-order valence-corrected chi connectivity index (χ2v) is 11.3. The second kappa shape index (κ2) is 13.9. The number of amides is 2. The Bertz CT molecular complexity index is 1400. The minimum absolute atomic E-state index is 0.00671. The zero-order valence-electron chi connectivity index (χ0n) is 23.3. The molecule has 0 saturated heterocycles. The monoisotopic (exact) mass is 569 g/mol. The molecule has 1 N–H and O–H groups in total. The molecule has 1 unspecified atom stereocenters. The Balaban J connectivity index is 2.03. The Kier molecular flexibility index (Phi) is 10.7. The summed E-state index contributed by atoms with van der Waals surface area (Å²) in [6.45, 7) is 5.27. The Hall–Kier alpha value is -3.92. The highest BCUT2D eigenvalue weighted by atomic mass is 32.2. The number of halogens is 1. The molecule has 3 rings (SSSR count). The molecule has 3 aromatic carbocycles. The van der Waals surface area contributed by atoms with Gasteiger partial charge in [-0.2, -0.15) is 0 Å². The molecule has 2 amide bonds. The van der Waals surface area contributed by atoms with E-state index in [2.05, 4.69) is 5.32 Å². The summed E-state index contributed by atoms with van der Waals surface area (Å²) in [5, 5.41) is 2.83. The van der Waals surface area contributed by atoms with Crippen molar-refractivity contribution in [3.05, 3.63) is 89.7 Å². The van der Waals surface area contributed by atoms with Gasteiger partial charge in [-0.05, 0) is 62.2 Å². The van der Waals surface area contributed by atoms with Crippen LogP contribution in [0.15, 0.2) is 77.7 Å². The lowest BCUT2D eigenvalue weighted by Gasteiger charge is -2.32. The van der Waals surface area contributed by atoms with Gasteiger partial charge in [-0.25, -0.2) is 12.8 Å². The van der Waals surface area contributed by atoms with Crippen LogP contribution in [0.2, 0.25) is 0 Å². The normalized spacial score (nSPS) is 11.9. The first-order chi connectivity index (χ1) is 19.1. The molecule has 8 nitrogen and oxygen atoms in total. The smallest absolute Gasteiger partial charge is 0.264 e. The maximum atomic E-state index is 13.9. The van der Waals surface area contributed by atoms with Gasteiger partial charge in [0.25, 0.3) is 10.0 Å². The number of nitrogens with zero attached hydrogens (tertiary/aromatic N) is 2. The van der Waals surface area contributed by atoms with Crippen molar-refractivity contribution in [3.8, 4) is 5.75 Å². The van der Waals surface area contributed by atoms with Crippen LogP contribution in [0, 0.1) is 12.7 Å². The van der Waals surface area contributed by atoms with Gasteiger partial charge in [0.2, 0.25) is 11.8 Å². The number of benzene rings is 3. The number of carbonyl (C=O) groups is 2. The molecule has 0 aliphatic carbocycles. The van der Waals surface area contributed by atoms with Crippen molar-refractivity contribution in [2.45, 2.75) is 51.1 Å². The van der Waals surface area contributed by atoms with Crippen molar-refractivity contribution >= 4 is 27.5 Å². The Morgan fingerprint density at radius 3 is 2.27 bits per heavy atom. The number of methoxy groups -OCH3 is 1. The summed E-state index contributed by atoms with van der Waals surface area (Å²) in [6, 6.07) is 17.5. The summed E-state index contributed by atoms with van der Waals surface area (Å²) < 4.78 is 47.8. The molecule has 0 fully saturated rings. The van der Waals surface area contributed by atoms with Gasteiger partial charge in [-0.3, -0.25) is 13.9 Å². The van der Waals surface area contributed by atoms with Crippen molar-refractivity contribution in [3.63, 3.8) is 0 Å². The highest BCUT2D eigenvalue weighted by molar-refractivity contribution is 7.92.